The molecule has 0 N–H and O–H groups in total. The van der Waals surface area contributed by atoms with Crippen molar-refractivity contribution in [2.45, 2.75) is 67.6 Å². The molecule has 0 saturated heterocycles. The van der Waals surface area contributed by atoms with Gasteiger partial charge < -0.3 is 18.9 Å². The fourth-order valence-electron chi connectivity index (χ4n) is 7.64. The van der Waals surface area contributed by atoms with E-state index in [0.717, 1.165) is 43.9 Å². The van der Waals surface area contributed by atoms with Gasteiger partial charge in [0.25, 0.3) is 0 Å². The second-order valence-electron chi connectivity index (χ2n) is 15.5. The van der Waals surface area contributed by atoms with Crippen molar-refractivity contribution in [1.29, 1.82) is 0 Å². The summed E-state index contributed by atoms with van der Waals surface area (Å²) in [5, 5.41) is 0. The number of thiophene rings is 4. The molecule has 0 atom stereocenters. The number of rotatable bonds is 13. The molecule has 0 aliphatic heterocycles. The molecule has 0 fully saturated rings. The van der Waals surface area contributed by atoms with Crippen LogP contribution in [0, 0.1) is 27.7 Å². The van der Waals surface area contributed by atoms with Crippen molar-refractivity contribution < 1.29 is 18.9 Å². The van der Waals surface area contributed by atoms with Gasteiger partial charge in [-0.15, -0.1) is 45.3 Å². The summed E-state index contributed by atoms with van der Waals surface area (Å²) in [6, 6.07) is 38.3. The molecule has 4 aromatic heterocycles. The van der Waals surface area contributed by atoms with Gasteiger partial charge in [-0.3, -0.25) is 0 Å². The highest BCUT2D eigenvalue weighted by Crippen LogP contribution is 2.56. The molecule has 0 amide bonds. The molecule has 306 valence electrons. The summed E-state index contributed by atoms with van der Waals surface area (Å²) in [5.74, 6) is 3.27. The molecule has 8 rings (SSSR count). The van der Waals surface area contributed by atoms with Crippen molar-refractivity contribution in [1.82, 2.24) is 0 Å². The summed E-state index contributed by atoms with van der Waals surface area (Å²) in [4.78, 5) is 9.99. The Labute approximate surface area is 370 Å². The third kappa shape index (κ3) is 7.82. The summed E-state index contributed by atoms with van der Waals surface area (Å²) in [6.07, 6.45) is 0.0520. The standard InChI is InChI=1S/C52H50O4S4/c1-29(2)55-41-25-17-23-39(53-9)45(41)43-27-37(35-19-13-11-14-20-35)51(57-43)49-33(7)31(5)47(59-49)48-32(6)34(8)50(60-48)52-38(36-21-15-12-16-22-36)28-44(58-52)46-40(54-10)24-18-26-42(46)56-30(3)4/h11-30H,1-10H3. The normalized spacial score (nSPS) is 11.5. The van der Waals surface area contributed by atoms with Crippen LogP contribution in [0.4, 0.5) is 0 Å². The minimum absolute atomic E-state index is 0.0260. The van der Waals surface area contributed by atoms with E-state index < -0.39 is 0 Å². The molecule has 0 spiro atoms. The van der Waals surface area contributed by atoms with Crippen LogP contribution < -0.4 is 18.9 Å². The minimum Gasteiger partial charge on any atom is -0.496 e. The summed E-state index contributed by atoms with van der Waals surface area (Å²) in [5.41, 5.74) is 12.0. The zero-order valence-electron chi connectivity index (χ0n) is 35.8. The van der Waals surface area contributed by atoms with Crippen LogP contribution in [0.5, 0.6) is 23.0 Å². The van der Waals surface area contributed by atoms with E-state index >= 15 is 0 Å². The van der Waals surface area contributed by atoms with Gasteiger partial charge in [0, 0.05) is 40.4 Å². The maximum absolute atomic E-state index is 6.39. The van der Waals surface area contributed by atoms with Gasteiger partial charge in [-0.1, -0.05) is 72.8 Å². The average molecular weight is 867 g/mol. The summed E-state index contributed by atoms with van der Waals surface area (Å²) in [7, 11) is 3.47. The highest BCUT2D eigenvalue weighted by atomic mass is 32.1. The monoisotopic (exact) mass is 866 g/mol. The lowest BCUT2D eigenvalue weighted by Gasteiger charge is -2.16. The smallest absolute Gasteiger partial charge is 0.132 e. The van der Waals surface area contributed by atoms with Gasteiger partial charge in [0.2, 0.25) is 0 Å². The number of hydrogen-bond acceptors (Lipinski definition) is 8. The summed E-state index contributed by atoms with van der Waals surface area (Å²) >= 11 is 7.45. The van der Waals surface area contributed by atoms with Crippen molar-refractivity contribution >= 4 is 45.3 Å². The molecular formula is C52H50O4S4. The second kappa shape index (κ2) is 17.5. The lowest BCUT2D eigenvalue weighted by Crippen LogP contribution is -2.06. The molecule has 0 aliphatic carbocycles. The molecule has 4 aromatic carbocycles. The number of methoxy groups -OCH3 is 2. The van der Waals surface area contributed by atoms with Crippen LogP contribution in [0.2, 0.25) is 0 Å². The van der Waals surface area contributed by atoms with Crippen LogP contribution >= 0.6 is 45.3 Å². The van der Waals surface area contributed by atoms with Crippen molar-refractivity contribution in [2.75, 3.05) is 14.2 Å². The molecule has 0 radical (unpaired) electrons. The first-order valence-corrected chi connectivity index (χ1v) is 23.5. The zero-order chi connectivity index (χ0) is 42.2. The van der Waals surface area contributed by atoms with Crippen LogP contribution in [-0.4, -0.2) is 26.4 Å². The fourth-order valence-corrected chi connectivity index (χ4v) is 13.4. The van der Waals surface area contributed by atoms with Crippen LogP contribution in [0.3, 0.4) is 0 Å². The van der Waals surface area contributed by atoms with Gasteiger partial charge >= 0.3 is 0 Å². The predicted octanol–water partition coefficient (Wildman–Crippen LogP) is 16.4. The first-order chi connectivity index (χ1) is 29.0. The van der Waals surface area contributed by atoms with E-state index in [9.17, 15) is 0 Å². The Balaban J connectivity index is 1.29. The Morgan fingerprint density at radius 3 is 1.05 bits per heavy atom. The molecule has 0 aliphatic rings. The highest BCUT2D eigenvalue weighted by molar-refractivity contribution is 7.30. The van der Waals surface area contributed by atoms with Crippen molar-refractivity contribution in [3.63, 3.8) is 0 Å². The molecular weight excluding hydrogens is 817 g/mol. The molecule has 4 nitrogen and oxygen atoms in total. The van der Waals surface area contributed by atoms with Crippen molar-refractivity contribution in [2.24, 2.45) is 0 Å². The maximum atomic E-state index is 6.39. The Morgan fingerprint density at radius 2 is 0.717 bits per heavy atom. The lowest BCUT2D eigenvalue weighted by molar-refractivity contribution is 0.242. The first-order valence-electron chi connectivity index (χ1n) is 20.3. The van der Waals surface area contributed by atoms with E-state index in [2.05, 4.69) is 128 Å². The zero-order valence-corrected chi connectivity index (χ0v) is 39.1. The molecule has 4 heterocycles. The second-order valence-corrected chi connectivity index (χ2v) is 19.6. The third-order valence-corrected chi connectivity index (χ3v) is 16.4. The van der Waals surface area contributed by atoms with Gasteiger partial charge in [-0.05, 0) is 125 Å². The quantitative estimate of drug-likeness (QED) is 0.116. The van der Waals surface area contributed by atoms with Gasteiger partial charge in [0.1, 0.15) is 23.0 Å². The first kappa shape index (κ1) is 41.6. The maximum Gasteiger partial charge on any atom is 0.132 e. The molecule has 8 aromatic rings. The highest BCUT2D eigenvalue weighted by Gasteiger charge is 2.28. The Bertz CT molecular complexity index is 2590. The van der Waals surface area contributed by atoms with Gasteiger partial charge in [-0.25, -0.2) is 0 Å². The number of ether oxygens (including phenoxy) is 4. The molecule has 60 heavy (non-hydrogen) atoms. The average Bonchev–Trinajstić information content (AvgIpc) is 4.02. The van der Waals surface area contributed by atoms with Gasteiger partial charge in [-0.2, -0.15) is 0 Å². The van der Waals surface area contributed by atoms with Crippen molar-refractivity contribution in [3.8, 4) is 95.4 Å². The summed E-state index contributed by atoms with van der Waals surface area (Å²) < 4.78 is 24.7. The SMILES string of the molecule is COc1cccc(OC(C)C)c1-c1cc(-c2ccccc2)c(-c2sc(-c3sc(-c4sc(-c5c(OC)cccc5OC(C)C)cc4-c4ccccc4)c(C)c3C)c(C)c2C)s1. The molecule has 0 saturated carbocycles. The van der Waals surface area contributed by atoms with Crippen LogP contribution in [0.15, 0.2) is 109 Å². The Hall–Kier alpha value is -5.12. The molecule has 8 heteroatoms. The Morgan fingerprint density at radius 1 is 0.383 bits per heavy atom. The third-order valence-electron chi connectivity index (χ3n) is 10.8. The van der Waals surface area contributed by atoms with Crippen molar-refractivity contribution in [3.05, 3.63) is 131 Å². The minimum atomic E-state index is 0.0260. The van der Waals surface area contributed by atoms with E-state index in [1.165, 1.54) is 73.8 Å². The fraction of sp³-hybridized carbons (Fsp3) is 0.231. The van der Waals surface area contributed by atoms with Gasteiger partial charge in [0.05, 0.1) is 47.3 Å². The van der Waals surface area contributed by atoms with E-state index in [0.29, 0.717) is 0 Å². The van der Waals surface area contributed by atoms with E-state index in [-0.39, 0.29) is 12.2 Å². The number of hydrogen-bond donors (Lipinski definition) is 0. The van der Waals surface area contributed by atoms with E-state index in [1.54, 1.807) is 14.2 Å². The number of benzene rings is 4. The Kier molecular flexibility index (Phi) is 12.1. The largest absolute Gasteiger partial charge is 0.496 e. The van der Waals surface area contributed by atoms with E-state index in [1.807, 2.05) is 81.7 Å². The molecule has 0 bridgehead atoms. The lowest BCUT2D eigenvalue weighted by atomic mass is 10.0. The van der Waals surface area contributed by atoms with Crippen LogP contribution in [0.1, 0.15) is 49.9 Å². The molecule has 0 unspecified atom stereocenters. The topological polar surface area (TPSA) is 36.9 Å². The van der Waals surface area contributed by atoms with Gasteiger partial charge in [0.15, 0.2) is 0 Å². The van der Waals surface area contributed by atoms with Crippen LogP contribution in [0.25, 0.3) is 72.4 Å². The summed E-state index contributed by atoms with van der Waals surface area (Å²) in [6.45, 7) is 17.4. The van der Waals surface area contributed by atoms with E-state index in [4.69, 9.17) is 18.9 Å². The predicted molar refractivity (Wildman–Crippen MR) is 260 cm³/mol. The van der Waals surface area contributed by atoms with Crippen LogP contribution in [-0.2, 0) is 0 Å².